The Labute approximate surface area is 217 Å². The monoisotopic (exact) mass is 525 g/mol. The summed E-state index contributed by atoms with van der Waals surface area (Å²) in [6, 6.07) is 19.0. The van der Waals surface area contributed by atoms with Crippen molar-refractivity contribution in [3.63, 3.8) is 0 Å². The molecule has 0 atom stereocenters. The van der Waals surface area contributed by atoms with E-state index in [-0.39, 0.29) is 33.5 Å². The first kappa shape index (κ1) is 27.5. The molecule has 0 bridgehead atoms. The van der Waals surface area contributed by atoms with E-state index >= 15 is 0 Å². The minimum absolute atomic E-state index is 0.00313. The summed E-state index contributed by atoms with van der Waals surface area (Å²) in [5, 5.41) is 5.52. The predicted octanol–water partition coefficient (Wildman–Crippen LogP) is 4.07. The van der Waals surface area contributed by atoms with E-state index in [1.165, 1.54) is 32.4 Å². The van der Waals surface area contributed by atoms with Gasteiger partial charge in [0, 0.05) is 12.6 Å². The van der Waals surface area contributed by atoms with Crippen LogP contribution in [-0.2, 0) is 14.8 Å². The first-order chi connectivity index (χ1) is 17.8. The average Bonchev–Trinajstić information content (AvgIpc) is 2.92. The molecular weight excluding hydrogens is 494 g/mol. The van der Waals surface area contributed by atoms with E-state index in [9.17, 15) is 18.0 Å². The zero-order chi connectivity index (χ0) is 26.8. The summed E-state index contributed by atoms with van der Waals surface area (Å²) in [6.07, 6.45) is 1.76. The number of carbonyl (C=O) groups is 2. The molecular formula is C27H31N3O6S. The van der Waals surface area contributed by atoms with Crippen molar-refractivity contribution in [1.29, 1.82) is 0 Å². The maximum Gasteiger partial charge on any atom is 0.264 e. The van der Waals surface area contributed by atoms with Crippen LogP contribution in [0, 0.1) is 0 Å². The van der Waals surface area contributed by atoms with Crippen LogP contribution in [0.5, 0.6) is 11.5 Å². The molecule has 0 aliphatic rings. The molecule has 0 unspecified atom stereocenters. The van der Waals surface area contributed by atoms with Crippen LogP contribution < -0.4 is 24.4 Å². The van der Waals surface area contributed by atoms with Crippen LogP contribution in [0.2, 0.25) is 0 Å². The van der Waals surface area contributed by atoms with Gasteiger partial charge in [-0.1, -0.05) is 43.7 Å². The molecule has 0 heterocycles. The number of unbranched alkanes of at least 4 members (excludes halogenated alkanes) is 1. The lowest BCUT2D eigenvalue weighted by Crippen LogP contribution is -2.38. The number of para-hydroxylation sites is 1. The molecule has 2 N–H and O–H groups in total. The zero-order valence-corrected chi connectivity index (χ0v) is 21.9. The highest BCUT2D eigenvalue weighted by molar-refractivity contribution is 7.92. The molecule has 9 nitrogen and oxygen atoms in total. The largest absolute Gasteiger partial charge is 0.497 e. The average molecular weight is 526 g/mol. The predicted molar refractivity (Wildman–Crippen MR) is 143 cm³/mol. The number of anilines is 2. The molecule has 3 aromatic carbocycles. The van der Waals surface area contributed by atoms with E-state index in [4.69, 9.17) is 9.47 Å². The quantitative estimate of drug-likeness (QED) is 0.345. The Balaban J connectivity index is 1.97. The number of sulfonamides is 1. The molecule has 196 valence electrons. The van der Waals surface area contributed by atoms with Gasteiger partial charge in [-0.2, -0.15) is 0 Å². The van der Waals surface area contributed by atoms with Gasteiger partial charge in [0.2, 0.25) is 5.91 Å². The Hall–Kier alpha value is -4.05. The highest BCUT2D eigenvalue weighted by Gasteiger charge is 2.30. The number of rotatable bonds is 12. The van der Waals surface area contributed by atoms with E-state index < -0.39 is 22.5 Å². The first-order valence-electron chi connectivity index (χ1n) is 11.8. The smallest absolute Gasteiger partial charge is 0.264 e. The number of nitrogens with zero attached hydrogens (tertiary/aromatic N) is 1. The Kier molecular flexibility index (Phi) is 9.51. The zero-order valence-electron chi connectivity index (χ0n) is 21.1. The Morgan fingerprint density at radius 3 is 2.30 bits per heavy atom. The minimum atomic E-state index is -4.18. The molecule has 10 heteroatoms. The summed E-state index contributed by atoms with van der Waals surface area (Å²) in [6.45, 7) is 1.95. The maximum atomic E-state index is 13.7. The van der Waals surface area contributed by atoms with Crippen LogP contribution in [-0.4, -0.2) is 47.5 Å². The number of carbonyl (C=O) groups excluding carboxylic acids is 2. The van der Waals surface area contributed by atoms with E-state index in [1.54, 1.807) is 54.6 Å². The lowest BCUT2D eigenvalue weighted by Gasteiger charge is -2.26. The van der Waals surface area contributed by atoms with E-state index in [2.05, 4.69) is 10.6 Å². The number of methoxy groups -OCH3 is 2. The van der Waals surface area contributed by atoms with Crippen LogP contribution in [0.15, 0.2) is 77.7 Å². The Morgan fingerprint density at radius 1 is 0.919 bits per heavy atom. The van der Waals surface area contributed by atoms with Gasteiger partial charge >= 0.3 is 0 Å². The van der Waals surface area contributed by atoms with Crippen LogP contribution in [0.25, 0.3) is 0 Å². The van der Waals surface area contributed by atoms with Crippen molar-refractivity contribution in [3.05, 3.63) is 78.4 Å². The van der Waals surface area contributed by atoms with Crippen molar-refractivity contribution >= 4 is 33.2 Å². The van der Waals surface area contributed by atoms with Gasteiger partial charge in [0.25, 0.3) is 15.9 Å². The summed E-state index contributed by atoms with van der Waals surface area (Å²) in [4.78, 5) is 25.9. The lowest BCUT2D eigenvalue weighted by atomic mass is 10.1. The van der Waals surface area contributed by atoms with Gasteiger partial charge < -0.3 is 20.1 Å². The Bertz CT molecular complexity index is 1330. The standard InChI is InChI=1S/C27H31N3O6S/c1-4-5-17-28-27(32)22-13-9-10-14-23(22)29-26(31)19-30(37(33,34)21-11-7-6-8-12-21)24-18-20(35-2)15-16-25(24)36-3/h6-16,18H,4-5,17,19H2,1-3H3,(H,28,32)(H,29,31). The second kappa shape index (κ2) is 12.8. The Morgan fingerprint density at radius 2 is 1.62 bits per heavy atom. The normalized spacial score (nSPS) is 10.9. The molecule has 0 radical (unpaired) electrons. The second-order valence-electron chi connectivity index (χ2n) is 8.07. The van der Waals surface area contributed by atoms with Crippen molar-refractivity contribution in [1.82, 2.24) is 5.32 Å². The van der Waals surface area contributed by atoms with E-state index in [0.29, 0.717) is 12.3 Å². The van der Waals surface area contributed by atoms with Gasteiger partial charge in [-0.05, 0) is 42.8 Å². The molecule has 0 aliphatic carbocycles. The maximum absolute atomic E-state index is 13.7. The van der Waals surface area contributed by atoms with Crippen LogP contribution in [0.4, 0.5) is 11.4 Å². The number of amides is 2. The summed E-state index contributed by atoms with van der Waals surface area (Å²) >= 11 is 0. The minimum Gasteiger partial charge on any atom is -0.497 e. The van der Waals surface area contributed by atoms with Gasteiger partial charge in [-0.3, -0.25) is 13.9 Å². The fourth-order valence-electron chi connectivity index (χ4n) is 3.60. The lowest BCUT2D eigenvalue weighted by molar-refractivity contribution is -0.114. The van der Waals surface area contributed by atoms with Crippen LogP contribution in [0.3, 0.4) is 0 Å². The van der Waals surface area contributed by atoms with Crippen molar-refractivity contribution < 1.29 is 27.5 Å². The highest BCUT2D eigenvalue weighted by Crippen LogP contribution is 2.35. The molecule has 0 saturated heterocycles. The second-order valence-corrected chi connectivity index (χ2v) is 9.93. The molecule has 0 aromatic heterocycles. The topological polar surface area (TPSA) is 114 Å². The molecule has 3 rings (SSSR count). The van der Waals surface area contributed by atoms with Gasteiger partial charge in [0.05, 0.1) is 36.1 Å². The number of benzene rings is 3. The van der Waals surface area contributed by atoms with Gasteiger partial charge in [-0.25, -0.2) is 8.42 Å². The summed E-state index contributed by atoms with van der Waals surface area (Å²) in [7, 11) is -1.32. The van der Waals surface area contributed by atoms with Gasteiger partial charge in [0.15, 0.2) is 0 Å². The third-order valence-corrected chi connectivity index (χ3v) is 7.31. The van der Waals surface area contributed by atoms with Crippen LogP contribution >= 0.6 is 0 Å². The van der Waals surface area contributed by atoms with Crippen molar-refractivity contribution in [2.75, 3.05) is 36.9 Å². The first-order valence-corrected chi connectivity index (χ1v) is 13.2. The fourth-order valence-corrected chi connectivity index (χ4v) is 5.04. The van der Waals surface area contributed by atoms with Crippen molar-refractivity contribution in [3.8, 4) is 11.5 Å². The molecule has 0 fully saturated rings. The third kappa shape index (κ3) is 6.79. The van der Waals surface area contributed by atoms with Crippen molar-refractivity contribution in [2.24, 2.45) is 0 Å². The molecule has 0 aliphatic heterocycles. The number of ether oxygens (including phenoxy) is 2. The number of nitrogens with one attached hydrogen (secondary N) is 2. The van der Waals surface area contributed by atoms with Crippen LogP contribution in [0.1, 0.15) is 30.1 Å². The SMILES string of the molecule is CCCCNC(=O)c1ccccc1NC(=O)CN(c1cc(OC)ccc1OC)S(=O)(=O)c1ccccc1. The van der Waals surface area contributed by atoms with Gasteiger partial charge in [0.1, 0.15) is 18.0 Å². The summed E-state index contributed by atoms with van der Waals surface area (Å²) in [5.74, 6) is -0.340. The van der Waals surface area contributed by atoms with E-state index in [1.807, 2.05) is 6.92 Å². The molecule has 0 saturated carbocycles. The van der Waals surface area contributed by atoms with Gasteiger partial charge in [-0.15, -0.1) is 0 Å². The number of hydrogen-bond acceptors (Lipinski definition) is 6. The third-order valence-electron chi connectivity index (χ3n) is 5.53. The molecule has 0 spiro atoms. The van der Waals surface area contributed by atoms with Crippen molar-refractivity contribution in [2.45, 2.75) is 24.7 Å². The highest BCUT2D eigenvalue weighted by atomic mass is 32.2. The summed E-state index contributed by atoms with van der Waals surface area (Å²) < 4.78 is 39.0. The van der Waals surface area contributed by atoms with E-state index in [0.717, 1.165) is 17.1 Å². The fraction of sp³-hybridized carbons (Fsp3) is 0.259. The number of hydrogen-bond donors (Lipinski definition) is 2. The molecule has 3 aromatic rings. The molecule has 37 heavy (non-hydrogen) atoms. The summed E-state index contributed by atoms with van der Waals surface area (Å²) in [5.41, 5.74) is 0.686. The molecule has 2 amide bonds.